The Hall–Kier alpha value is -1.06. The Labute approximate surface area is 116 Å². The molecule has 1 aromatic carbocycles. The van der Waals surface area contributed by atoms with Crippen LogP contribution in [0.15, 0.2) is 18.2 Å². The van der Waals surface area contributed by atoms with Crippen molar-refractivity contribution in [2.75, 3.05) is 14.1 Å². The first-order valence-corrected chi connectivity index (χ1v) is 5.98. The predicted octanol–water partition coefficient (Wildman–Crippen LogP) is 3.05. The van der Waals surface area contributed by atoms with E-state index in [2.05, 4.69) is 17.9 Å². The molecule has 0 saturated heterocycles. The summed E-state index contributed by atoms with van der Waals surface area (Å²) >= 11 is 0. The first kappa shape index (κ1) is 16.9. The molecule has 0 atom stereocenters. The van der Waals surface area contributed by atoms with Crippen LogP contribution in [0.5, 0.6) is 5.75 Å². The SMILES string of the molecule is CCCc1c(CN(C)C)cccc1OC(C)=O.Cl. The maximum Gasteiger partial charge on any atom is 0.308 e. The van der Waals surface area contributed by atoms with Crippen molar-refractivity contribution in [1.29, 1.82) is 0 Å². The monoisotopic (exact) mass is 271 g/mol. The van der Waals surface area contributed by atoms with Gasteiger partial charge in [-0.15, -0.1) is 12.4 Å². The molecule has 102 valence electrons. The molecule has 0 unspecified atom stereocenters. The number of carbonyl (C=O) groups is 1. The number of nitrogens with zero attached hydrogens (tertiary/aromatic N) is 1. The van der Waals surface area contributed by atoms with Crippen LogP contribution < -0.4 is 4.74 Å². The van der Waals surface area contributed by atoms with Gasteiger partial charge in [-0.25, -0.2) is 0 Å². The summed E-state index contributed by atoms with van der Waals surface area (Å²) in [6, 6.07) is 5.90. The second-order valence-corrected chi connectivity index (χ2v) is 4.48. The summed E-state index contributed by atoms with van der Waals surface area (Å²) in [5.74, 6) is 0.447. The van der Waals surface area contributed by atoms with Crippen LogP contribution in [0.1, 0.15) is 31.4 Å². The molecule has 1 rings (SSSR count). The van der Waals surface area contributed by atoms with Crippen LogP contribution in [0.3, 0.4) is 0 Å². The third-order valence-corrected chi connectivity index (χ3v) is 2.47. The lowest BCUT2D eigenvalue weighted by molar-refractivity contribution is -0.131. The van der Waals surface area contributed by atoms with Gasteiger partial charge in [0.05, 0.1) is 0 Å². The Morgan fingerprint density at radius 1 is 1.33 bits per heavy atom. The van der Waals surface area contributed by atoms with Gasteiger partial charge in [-0.2, -0.15) is 0 Å². The molecule has 0 spiro atoms. The fourth-order valence-electron chi connectivity index (χ4n) is 1.88. The summed E-state index contributed by atoms with van der Waals surface area (Å²) in [5, 5.41) is 0. The van der Waals surface area contributed by atoms with Gasteiger partial charge in [-0.05, 0) is 37.7 Å². The Balaban J connectivity index is 0.00000289. The zero-order valence-corrected chi connectivity index (χ0v) is 12.3. The van der Waals surface area contributed by atoms with Crippen molar-refractivity contribution < 1.29 is 9.53 Å². The van der Waals surface area contributed by atoms with Gasteiger partial charge in [0.2, 0.25) is 0 Å². The molecule has 1 aromatic rings. The molecule has 0 heterocycles. The Kier molecular flexibility index (Phi) is 7.64. The lowest BCUT2D eigenvalue weighted by atomic mass is 10.0. The van der Waals surface area contributed by atoms with Gasteiger partial charge in [0.25, 0.3) is 0 Å². The first-order valence-electron chi connectivity index (χ1n) is 5.98. The molecule has 4 heteroatoms. The second kappa shape index (κ2) is 8.11. The maximum atomic E-state index is 11.1. The van der Waals surface area contributed by atoms with Gasteiger partial charge >= 0.3 is 5.97 Å². The van der Waals surface area contributed by atoms with Crippen LogP contribution in [0.25, 0.3) is 0 Å². The molecule has 3 nitrogen and oxygen atoms in total. The lowest BCUT2D eigenvalue weighted by Gasteiger charge is -2.16. The molecular weight excluding hydrogens is 250 g/mol. The van der Waals surface area contributed by atoms with Crippen LogP contribution >= 0.6 is 12.4 Å². The van der Waals surface area contributed by atoms with Gasteiger partial charge in [-0.1, -0.05) is 25.5 Å². The molecule has 0 bridgehead atoms. The summed E-state index contributed by atoms with van der Waals surface area (Å²) in [6.07, 6.45) is 1.98. The van der Waals surface area contributed by atoms with Crippen molar-refractivity contribution >= 4 is 18.4 Å². The average molecular weight is 272 g/mol. The number of esters is 1. The van der Waals surface area contributed by atoms with E-state index < -0.39 is 0 Å². The third kappa shape index (κ3) is 5.07. The van der Waals surface area contributed by atoms with Gasteiger partial charge in [-0.3, -0.25) is 4.79 Å². The molecule has 0 fully saturated rings. The Morgan fingerprint density at radius 3 is 2.50 bits per heavy atom. The van der Waals surface area contributed by atoms with Gasteiger partial charge < -0.3 is 9.64 Å². The maximum absolute atomic E-state index is 11.1. The van der Waals surface area contributed by atoms with Crippen molar-refractivity contribution in [3.05, 3.63) is 29.3 Å². The molecule has 0 saturated carbocycles. The van der Waals surface area contributed by atoms with E-state index in [4.69, 9.17) is 4.74 Å². The van der Waals surface area contributed by atoms with Crippen molar-refractivity contribution in [3.8, 4) is 5.75 Å². The number of benzene rings is 1. The quantitative estimate of drug-likeness (QED) is 0.609. The predicted molar refractivity (Wildman–Crippen MR) is 76.4 cm³/mol. The Bertz CT molecular complexity index is 391. The second-order valence-electron chi connectivity index (χ2n) is 4.48. The molecule has 0 amide bonds. The molecule has 0 aliphatic carbocycles. The summed E-state index contributed by atoms with van der Waals surface area (Å²) in [4.78, 5) is 13.2. The number of halogens is 1. The molecule has 0 aromatic heterocycles. The molecule has 0 aliphatic heterocycles. The van der Waals surface area contributed by atoms with Crippen molar-refractivity contribution in [2.45, 2.75) is 33.2 Å². The van der Waals surface area contributed by atoms with Crippen LogP contribution in [-0.4, -0.2) is 25.0 Å². The average Bonchev–Trinajstić information content (AvgIpc) is 2.21. The summed E-state index contributed by atoms with van der Waals surface area (Å²) in [7, 11) is 4.07. The zero-order chi connectivity index (χ0) is 12.8. The zero-order valence-electron chi connectivity index (χ0n) is 11.5. The summed E-state index contributed by atoms with van der Waals surface area (Å²) in [6.45, 7) is 4.43. The van der Waals surface area contributed by atoms with E-state index in [9.17, 15) is 4.79 Å². The highest BCUT2D eigenvalue weighted by molar-refractivity contribution is 5.85. The number of carbonyl (C=O) groups excluding carboxylic acids is 1. The van der Waals surface area contributed by atoms with Crippen LogP contribution in [0.2, 0.25) is 0 Å². The number of hydrogen-bond acceptors (Lipinski definition) is 3. The minimum atomic E-state index is -0.260. The Morgan fingerprint density at radius 2 is 2.00 bits per heavy atom. The standard InChI is InChI=1S/C14H21NO2.ClH/c1-5-7-13-12(10-15(3)4)8-6-9-14(13)17-11(2)16;/h6,8-9H,5,7,10H2,1-4H3;1H. The highest BCUT2D eigenvalue weighted by atomic mass is 35.5. The van der Waals surface area contributed by atoms with E-state index in [-0.39, 0.29) is 18.4 Å². The third-order valence-electron chi connectivity index (χ3n) is 2.47. The minimum absolute atomic E-state index is 0. The van der Waals surface area contributed by atoms with E-state index >= 15 is 0 Å². The molecular formula is C14H22ClNO2. The van der Waals surface area contributed by atoms with E-state index in [1.165, 1.54) is 12.5 Å². The molecule has 0 radical (unpaired) electrons. The largest absolute Gasteiger partial charge is 0.426 e. The highest BCUT2D eigenvalue weighted by Crippen LogP contribution is 2.25. The van der Waals surface area contributed by atoms with E-state index in [1.807, 2.05) is 26.2 Å². The molecule has 18 heavy (non-hydrogen) atoms. The van der Waals surface area contributed by atoms with Crippen molar-refractivity contribution in [1.82, 2.24) is 4.90 Å². The highest BCUT2D eigenvalue weighted by Gasteiger charge is 2.10. The van der Waals surface area contributed by atoms with E-state index in [0.717, 1.165) is 24.9 Å². The number of rotatable bonds is 5. The summed E-state index contributed by atoms with van der Waals surface area (Å²) < 4.78 is 5.26. The minimum Gasteiger partial charge on any atom is -0.426 e. The van der Waals surface area contributed by atoms with Gasteiger partial charge in [0, 0.05) is 13.5 Å². The summed E-state index contributed by atoms with van der Waals surface area (Å²) in [5.41, 5.74) is 2.38. The fourth-order valence-corrected chi connectivity index (χ4v) is 1.88. The van der Waals surface area contributed by atoms with Gasteiger partial charge in [0.1, 0.15) is 5.75 Å². The van der Waals surface area contributed by atoms with Crippen molar-refractivity contribution in [3.63, 3.8) is 0 Å². The normalized spacial score (nSPS) is 10.1. The topological polar surface area (TPSA) is 29.5 Å². The van der Waals surface area contributed by atoms with Crippen LogP contribution in [0, 0.1) is 0 Å². The van der Waals surface area contributed by atoms with Crippen LogP contribution in [0.4, 0.5) is 0 Å². The lowest BCUT2D eigenvalue weighted by Crippen LogP contribution is -2.13. The van der Waals surface area contributed by atoms with E-state index in [0.29, 0.717) is 5.75 Å². The van der Waals surface area contributed by atoms with Crippen molar-refractivity contribution in [2.24, 2.45) is 0 Å². The smallest absolute Gasteiger partial charge is 0.308 e. The van der Waals surface area contributed by atoms with Gasteiger partial charge in [0.15, 0.2) is 0 Å². The first-order chi connectivity index (χ1) is 8.04. The van der Waals surface area contributed by atoms with Crippen LogP contribution in [-0.2, 0) is 17.8 Å². The number of hydrogen-bond donors (Lipinski definition) is 0. The van der Waals surface area contributed by atoms with E-state index in [1.54, 1.807) is 0 Å². The fraction of sp³-hybridized carbons (Fsp3) is 0.500. The number of ether oxygens (including phenoxy) is 1. The molecule has 0 aliphatic rings. The molecule has 0 N–H and O–H groups in total.